The van der Waals surface area contributed by atoms with Crippen LogP contribution in [0.15, 0.2) is 0 Å². The van der Waals surface area contributed by atoms with Gasteiger partial charge in [-0.1, -0.05) is 65.2 Å². The van der Waals surface area contributed by atoms with Crippen LogP contribution in [-0.4, -0.2) is 16.5 Å². The Morgan fingerprint density at radius 2 is 0.929 bits per heavy atom. The molecule has 2 N–H and O–H groups in total. The maximum absolute atomic E-state index is 7.61. The summed E-state index contributed by atoms with van der Waals surface area (Å²) in [5.41, 5.74) is 0. The lowest BCUT2D eigenvalue weighted by molar-refractivity contribution is -0.0228. The van der Waals surface area contributed by atoms with Crippen LogP contribution in [0, 0.1) is 0 Å². The average Bonchev–Trinajstić information content (AvgIpc) is 2.10. The van der Waals surface area contributed by atoms with Gasteiger partial charge >= 0.3 is 0 Å². The summed E-state index contributed by atoms with van der Waals surface area (Å²) in [5, 5.41) is 15.2. The number of hydrogen-bond donors (Lipinski definition) is 2. The fourth-order valence-corrected chi connectivity index (χ4v) is 1.21. The molecule has 0 spiro atoms. The molecule has 2 nitrogen and oxygen atoms in total. The van der Waals surface area contributed by atoms with E-state index in [1.807, 2.05) is 0 Å². The van der Waals surface area contributed by atoms with Crippen molar-refractivity contribution in [2.45, 2.75) is 78.4 Å². The standard InChI is InChI=1S/C10H22.C2H6O2/c1-3-5-7-9-10-8-6-4-2;1-2(3)4/h3-10H2,1-2H3;2-4H,1H3. The zero-order valence-electron chi connectivity index (χ0n) is 10.1. The smallest absolute Gasteiger partial charge is 0.148 e. The summed E-state index contributed by atoms with van der Waals surface area (Å²) in [6.45, 7) is 5.82. The number of rotatable bonds is 7. The highest BCUT2D eigenvalue weighted by Gasteiger charge is 1.87. The van der Waals surface area contributed by atoms with E-state index in [-0.39, 0.29) is 0 Å². The van der Waals surface area contributed by atoms with Crippen LogP contribution in [0.4, 0.5) is 0 Å². The first-order valence-corrected chi connectivity index (χ1v) is 6.01. The second kappa shape index (κ2) is 15.4. The van der Waals surface area contributed by atoms with Crippen molar-refractivity contribution in [3.63, 3.8) is 0 Å². The van der Waals surface area contributed by atoms with E-state index in [0.29, 0.717) is 0 Å². The molecule has 2 heteroatoms. The molecule has 0 aromatic carbocycles. The average molecular weight is 204 g/mol. The summed E-state index contributed by atoms with van der Waals surface area (Å²) in [6.07, 6.45) is 10.3. The molecule has 0 rings (SSSR count). The quantitative estimate of drug-likeness (QED) is 0.492. The monoisotopic (exact) mass is 204 g/mol. The molecule has 0 atom stereocenters. The third-order valence-corrected chi connectivity index (χ3v) is 1.96. The molecule has 0 aliphatic heterocycles. The summed E-state index contributed by atoms with van der Waals surface area (Å²) < 4.78 is 0. The van der Waals surface area contributed by atoms with Crippen molar-refractivity contribution in [3.8, 4) is 0 Å². The Labute approximate surface area is 89.3 Å². The molecular weight excluding hydrogens is 176 g/mol. The maximum Gasteiger partial charge on any atom is 0.148 e. The topological polar surface area (TPSA) is 40.5 Å². The van der Waals surface area contributed by atoms with E-state index in [9.17, 15) is 0 Å². The van der Waals surface area contributed by atoms with Crippen LogP contribution in [-0.2, 0) is 0 Å². The minimum absolute atomic E-state index is 1.17. The van der Waals surface area contributed by atoms with Gasteiger partial charge in [0.25, 0.3) is 0 Å². The van der Waals surface area contributed by atoms with Crippen molar-refractivity contribution >= 4 is 0 Å². The van der Waals surface area contributed by atoms with Gasteiger partial charge in [-0.15, -0.1) is 0 Å². The lowest BCUT2D eigenvalue weighted by Gasteiger charge is -1.97. The summed E-state index contributed by atoms with van der Waals surface area (Å²) in [6, 6.07) is 0. The molecule has 0 aliphatic rings. The Balaban J connectivity index is 0. The van der Waals surface area contributed by atoms with E-state index in [2.05, 4.69) is 13.8 Å². The Morgan fingerprint density at radius 3 is 1.14 bits per heavy atom. The summed E-state index contributed by atoms with van der Waals surface area (Å²) >= 11 is 0. The molecule has 0 saturated carbocycles. The van der Waals surface area contributed by atoms with Gasteiger partial charge in [0.2, 0.25) is 0 Å². The van der Waals surface area contributed by atoms with Crippen LogP contribution >= 0.6 is 0 Å². The van der Waals surface area contributed by atoms with Crippen molar-refractivity contribution in [1.82, 2.24) is 0 Å². The molecule has 0 aromatic rings. The molecule has 0 unspecified atom stereocenters. The third kappa shape index (κ3) is 29.7. The van der Waals surface area contributed by atoms with Gasteiger partial charge in [-0.2, -0.15) is 0 Å². The molecule has 0 fully saturated rings. The van der Waals surface area contributed by atoms with E-state index in [1.54, 1.807) is 0 Å². The first-order valence-electron chi connectivity index (χ1n) is 6.01. The van der Waals surface area contributed by atoms with Gasteiger partial charge in [0.1, 0.15) is 6.29 Å². The van der Waals surface area contributed by atoms with Gasteiger partial charge in [-0.05, 0) is 6.92 Å². The number of hydrogen-bond acceptors (Lipinski definition) is 2. The molecule has 0 heterocycles. The number of aliphatic hydroxyl groups excluding tert-OH is 1. The lowest BCUT2D eigenvalue weighted by atomic mass is 10.1. The predicted octanol–water partition coefficient (Wildman–Crippen LogP) is 3.46. The van der Waals surface area contributed by atoms with Crippen LogP contribution in [0.1, 0.15) is 72.1 Å². The van der Waals surface area contributed by atoms with Gasteiger partial charge in [-0.3, -0.25) is 0 Å². The van der Waals surface area contributed by atoms with E-state index in [4.69, 9.17) is 10.2 Å². The molecule has 14 heavy (non-hydrogen) atoms. The molecule has 0 amide bonds. The third-order valence-electron chi connectivity index (χ3n) is 1.96. The maximum atomic E-state index is 7.61. The van der Waals surface area contributed by atoms with Crippen molar-refractivity contribution in [2.24, 2.45) is 0 Å². The molecular formula is C12H28O2. The first kappa shape index (κ1) is 16.4. The van der Waals surface area contributed by atoms with Gasteiger partial charge in [0.05, 0.1) is 0 Å². The predicted molar refractivity (Wildman–Crippen MR) is 62.2 cm³/mol. The van der Waals surface area contributed by atoms with Gasteiger partial charge in [-0.25, -0.2) is 0 Å². The van der Waals surface area contributed by atoms with Crippen LogP contribution in [0.25, 0.3) is 0 Å². The first-order chi connectivity index (χ1) is 6.65. The zero-order valence-corrected chi connectivity index (χ0v) is 10.1. The number of aliphatic hydroxyl groups is 2. The molecule has 0 radical (unpaired) electrons. The minimum atomic E-state index is -1.17. The van der Waals surface area contributed by atoms with Crippen LogP contribution in [0.5, 0.6) is 0 Å². The minimum Gasteiger partial charge on any atom is -0.368 e. The Kier molecular flexibility index (Phi) is 18.0. The highest BCUT2D eigenvalue weighted by molar-refractivity contribution is 4.43. The fourth-order valence-electron chi connectivity index (χ4n) is 1.21. The normalized spacial score (nSPS) is 9.86. The van der Waals surface area contributed by atoms with Crippen LogP contribution in [0.3, 0.4) is 0 Å². The lowest BCUT2D eigenvalue weighted by Crippen LogP contribution is -1.92. The molecule has 88 valence electrons. The van der Waals surface area contributed by atoms with Crippen LogP contribution in [0.2, 0.25) is 0 Å². The van der Waals surface area contributed by atoms with E-state index in [0.717, 1.165) is 0 Å². The number of unbranched alkanes of at least 4 members (excludes halogenated alkanes) is 7. The second-order valence-electron chi connectivity index (χ2n) is 3.75. The highest BCUT2D eigenvalue weighted by Crippen LogP contribution is 2.07. The van der Waals surface area contributed by atoms with Crippen molar-refractivity contribution in [2.75, 3.05) is 0 Å². The fraction of sp³-hybridized carbons (Fsp3) is 1.00. The second-order valence-corrected chi connectivity index (χ2v) is 3.75. The van der Waals surface area contributed by atoms with Crippen molar-refractivity contribution in [3.05, 3.63) is 0 Å². The molecule has 0 aromatic heterocycles. The molecule has 0 bridgehead atoms. The van der Waals surface area contributed by atoms with Gasteiger partial charge in [0.15, 0.2) is 0 Å². The molecule has 0 aliphatic carbocycles. The highest BCUT2D eigenvalue weighted by atomic mass is 16.5. The largest absolute Gasteiger partial charge is 0.368 e. The zero-order chi connectivity index (χ0) is 11.2. The van der Waals surface area contributed by atoms with Crippen LogP contribution < -0.4 is 0 Å². The van der Waals surface area contributed by atoms with Crippen molar-refractivity contribution in [1.29, 1.82) is 0 Å². The van der Waals surface area contributed by atoms with E-state index >= 15 is 0 Å². The Bertz CT molecular complexity index is 71.6. The Hall–Kier alpha value is -0.0800. The Morgan fingerprint density at radius 1 is 0.714 bits per heavy atom. The van der Waals surface area contributed by atoms with Crippen molar-refractivity contribution < 1.29 is 10.2 Å². The summed E-state index contributed by atoms with van der Waals surface area (Å²) in [7, 11) is 0. The molecule has 0 saturated heterocycles. The summed E-state index contributed by atoms with van der Waals surface area (Å²) in [5.74, 6) is 0. The van der Waals surface area contributed by atoms with E-state index in [1.165, 1.54) is 58.3 Å². The van der Waals surface area contributed by atoms with Gasteiger partial charge < -0.3 is 10.2 Å². The SMILES string of the molecule is CC(O)O.CCCCCCCCCC. The summed E-state index contributed by atoms with van der Waals surface area (Å²) in [4.78, 5) is 0. The van der Waals surface area contributed by atoms with Gasteiger partial charge in [0, 0.05) is 0 Å². The van der Waals surface area contributed by atoms with E-state index < -0.39 is 6.29 Å².